The zero-order valence-electron chi connectivity index (χ0n) is 12.5. The number of hydrogen-bond acceptors (Lipinski definition) is 5. The predicted molar refractivity (Wildman–Crippen MR) is 91.0 cm³/mol. The SMILES string of the molecule is O=C1CSc2ncc(C(=O)NCc3cc4ccccc4o3)cc2N1. The summed E-state index contributed by atoms with van der Waals surface area (Å²) in [6.07, 6.45) is 1.51. The largest absolute Gasteiger partial charge is 0.459 e. The summed E-state index contributed by atoms with van der Waals surface area (Å²) in [5.41, 5.74) is 1.76. The highest BCUT2D eigenvalue weighted by Crippen LogP contribution is 2.29. The summed E-state index contributed by atoms with van der Waals surface area (Å²) >= 11 is 1.36. The zero-order valence-corrected chi connectivity index (χ0v) is 13.4. The van der Waals surface area contributed by atoms with Crippen LogP contribution >= 0.6 is 11.8 Å². The molecular weight excluding hydrogens is 326 g/mol. The average molecular weight is 339 g/mol. The topological polar surface area (TPSA) is 84.2 Å². The molecule has 7 heteroatoms. The Morgan fingerprint density at radius 3 is 3.08 bits per heavy atom. The first kappa shape index (κ1) is 14.8. The normalized spacial score (nSPS) is 13.4. The predicted octanol–water partition coefficient (Wildman–Crippen LogP) is 2.80. The molecule has 1 aliphatic rings. The Morgan fingerprint density at radius 1 is 1.33 bits per heavy atom. The average Bonchev–Trinajstić information content (AvgIpc) is 3.02. The highest BCUT2D eigenvalue weighted by atomic mass is 32.2. The minimum absolute atomic E-state index is 0.0888. The van der Waals surface area contributed by atoms with E-state index in [9.17, 15) is 9.59 Å². The van der Waals surface area contributed by atoms with Gasteiger partial charge in [-0.05, 0) is 18.2 Å². The van der Waals surface area contributed by atoms with Crippen molar-refractivity contribution in [3.8, 4) is 0 Å². The van der Waals surface area contributed by atoms with Crippen LogP contribution in [-0.4, -0.2) is 22.6 Å². The second-order valence-electron chi connectivity index (χ2n) is 5.35. The molecule has 1 aromatic carbocycles. The van der Waals surface area contributed by atoms with Crippen LogP contribution in [-0.2, 0) is 11.3 Å². The van der Waals surface area contributed by atoms with E-state index in [4.69, 9.17) is 4.42 Å². The number of rotatable bonds is 3. The lowest BCUT2D eigenvalue weighted by atomic mass is 10.2. The van der Waals surface area contributed by atoms with Gasteiger partial charge in [0.1, 0.15) is 16.4 Å². The number of anilines is 1. The number of thioether (sulfide) groups is 1. The fraction of sp³-hybridized carbons (Fsp3) is 0.118. The Hall–Kier alpha value is -2.80. The van der Waals surface area contributed by atoms with E-state index < -0.39 is 0 Å². The molecule has 0 saturated carbocycles. The van der Waals surface area contributed by atoms with E-state index in [-0.39, 0.29) is 18.4 Å². The first-order chi connectivity index (χ1) is 11.7. The number of nitrogens with zero attached hydrogens (tertiary/aromatic N) is 1. The van der Waals surface area contributed by atoms with E-state index in [1.54, 1.807) is 6.07 Å². The molecule has 120 valence electrons. The second kappa shape index (κ2) is 6.01. The molecule has 2 N–H and O–H groups in total. The molecule has 4 rings (SSSR count). The summed E-state index contributed by atoms with van der Waals surface area (Å²) in [4.78, 5) is 27.9. The van der Waals surface area contributed by atoms with Crippen LogP contribution in [0.5, 0.6) is 0 Å². The van der Waals surface area contributed by atoms with Crippen LogP contribution in [0.4, 0.5) is 5.69 Å². The summed E-state index contributed by atoms with van der Waals surface area (Å²) in [5.74, 6) is 0.668. The van der Waals surface area contributed by atoms with Crippen molar-refractivity contribution in [3.63, 3.8) is 0 Å². The van der Waals surface area contributed by atoms with Crippen LogP contribution in [0.15, 0.2) is 52.0 Å². The number of furan rings is 1. The molecule has 1 aliphatic heterocycles. The Balaban J connectivity index is 1.48. The quantitative estimate of drug-likeness (QED) is 0.766. The van der Waals surface area contributed by atoms with Crippen molar-refractivity contribution in [1.82, 2.24) is 10.3 Å². The number of nitrogens with one attached hydrogen (secondary N) is 2. The molecule has 0 fully saturated rings. The van der Waals surface area contributed by atoms with Crippen LogP contribution in [0.2, 0.25) is 0 Å². The van der Waals surface area contributed by atoms with Crippen molar-refractivity contribution in [2.75, 3.05) is 11.1 Å². The number of fused-ring (bicyclic) bond motifs is 2. The molecule has 3 heterocycles. The Kier molecular flexibility index (Phi) is 3.70. The fourth-order valence-electron chi connectivity index (χ4n) is 2.49. The van der Waals surface area contributed by atoms with Gasteiger partial charge in [-0.2, -0.15) is 0 Å². The van der Waals surface area contributed by atoms with Gasteiger partial charge in [-0.1, -0.05) is 30.0 Å². The minimum Gasteiger partial charge on any atom is -0.459 e. The molecule has 0 spiro atoms. The third-order valence-corrected chi connectivity index (χ3v) is 4.63. The lowest BCUT2D eigenvalue weighted by molar-refractivity contribution is -0.113. The molecule has 0 saturated heterocycles. The monoisotopic (exact) mass is 339 g/mol. The molecule has 24 heavy (non-hydrogen) atoms. The number of benzene rings is 1. The van der Waals surface area contributed by atoms with Crippen molar-refractivity contribution >= 4 is 40.2 Å². The number of amides is 2. The first-order valence-corrected chi connectivity index (χ1v) is 8.36. The van der Waals surface area contributed by atoms with Gasteiger partial charge in [0.15, 0.2) is 0 Å². The van der Waals surface area contributed by atoms with Gasteiger partial charge in [0.2, 0.25) is 5.91 Å². The van der Waals surface area contributed by atoms with Crippen molar-refractivity contribution in [2.45, 2.75) is 11.6 Å². The molecule has 2 aromatic heterocycles. The van der Waals surface area contributed by atoms with Crippen LogP contribution in [0.1, 0.15) is 16.1 Å². The fourth-order valence-corrected chi connectivity index (χ4v) is 3.23. The van der Waals surface area contributed by atoms with Gasteiger partial charge in [0.25, 0.3) is 5.91 Å². The molecule has 3 aromatic rings. The van der Waals surface area contributed by atoms with E-state index in [0.717, 1.165) is 16.0 Å². The highest BCUT2D eigenvalue weighted by molar-refractivity contribution is 8.00. The maximum absolute atomic E-state index is 12.3. The minimum atomic E-state index is -0.268. The number of hydrogen-bond donors (Lipinski definition) is 2. The number of carbonyl (C=O) groups excluding carboxylic acids is 2. The van der Waals surface area contributed by atoms with Gasteiger partial charge in [-0.25, -0.2) is 4.98 Å². The van der Waals surface area contributed by atoms with Gasteiger partial charge in [0.05, 0.1) is 23.5 Å². The van der Waals surface area contributed by atoms with E-state index in [2.05, 4.69) is 15.6 Å². The third kappa shape index (κ3) is 2.85. The lowest BCUT2D eigenvalue weighted by Crippen LogP contribution is -2.24. The molecule has 0 unspecified atom stereocenters. The van der Waals surface area contributed by atoms with E-state index in [0.29, 0.717) is 22.8 Å². The second-order valence-corrected chi connectivity index (χ2v) is 6.31. The Bertz CT molecular complexity index is 918. The van der Waals surface area contributed by atoms with Crippen molar-refractivity contribution in [3.05, 3.63) is 53.9 Å². The summed E-state index contributed by atoms with van der Waals surface area (Å²) in [7, 11) is 0. The van der Waals surface area contributed by atoms with E-state index in [1.807, 2.05) is 30.3 Å². The summed E-state index contributed by atoms with van der Waals surface area (Å²) < 4.78 is 5.67. The molecule has 0 bridgehead atoms. The Morgan fingerprint density at radius 2 is 2.21 bits per heavy atom. The van der Waals surface area contributed by atoms with Gasteiger partial charge in [0, 0.05) is 11.6 Å². The number of pyridine rings is 1. The van der Waals surface area contributed by atoms with Crippen molar-refractivity contribution in [2.24, 2.45) is 0 Å². The first-order valence-electron chi connectivity index (χ1n) is 7.37. The van der Waals surface area contributed by atoms with Gasteiger partial charge in [-0.15, -0.1) is 0 Å². The standard InChI is InChI=1S/C17H13N3O3S/c21-15-9-24-17-13(20-15)6-11(7-19-17)16(22)18-8-12-5-10-3-1-2-4-14(10)23-12/h1-7H,8-9H2,(H,18,22)(H,20,21). The van der Waals surface area contributed by atoms with Crippen LogP contribution in [0.3, 0.4) is 0 Å². The molecule has 0 radical (unpaired) electrons. The maximum Gasteiger partial charge on any atom is 0.253 e. The molecule has 0 aliphatic carbocycles. The van der Waals surface area contributed by atoms with Crippen LogP contribution in [0.25, 0.3) is 11.0 Å². The number of para-hydroxylation sites is 1. The van der Waals surface area contributed by atoms with Gasteiger partial charge < -0.3 is 15.1 Å². The van der Waals surface area contributed by atoms with Crippen LogP contribution in [0, 0.1) is 0 Å². The van der Waals surface area contributed by atoms with Gasteiger partial charge in [-0.3, -0.25) is 9.59 Å². The Labute approximate surface area is 141 Å². The van der Waals surface area contributed by atoms with E-state index >= 15 is 0 Å². The number of carbonyl (C=O) groups is 2. The van der Waals surface area contributed by atoms with E-state index in [1.165, 1.54) is 18.0 Å². The molecular formula is C17H13N3O3S. The number of aromatic nitrogens is 1. The summed E-state index contributed by atoms with van der Waals surface area (Å²) in [6, 6.07) is 11.2. The zero-order chi connectivity index (χ0) is 16.5. The highest BCUT2D eigenvalue weighted by Gasteiger charge is 2.18. The molecule has 2 amide bonds. The molecule has 0 atom stereocenters. The third-order valence-electron chi connectivity index (χ3n) is 3.63. The summed E-state index contributed by atoms with van der Waals surface area (Å²) in [6.45, 7) is 0.283. The smallest absolute Gasteiger partial charge is 0.253 e. The maximum atomic E-state index is 12.3. The van der Waals surface area contributed by atoms with Gasteiger partial charge >= 0.3 is 0 Å². The van der Waals surface area contributed by atoms with Crippen LogP contribution < -0.4 is 10.6 Å². The lowest BCUT2D eigenvalue weighted by Gasteiger charge is -2.15. The summed E-state index contributed by atoms with van der Waals surface area (Å²) in [5, 5.41) is 7.25. The molecule has 6 nitrogen and oxygen atoms in total. The van der Waals surface area contributed by atoms with Crippen molar-refractivity contribution < 1.29 is 14.0 Å². The van der Waals surface area contributed by atoms with Crippen molar-refractivity contribution in [1.29, 1.82) is 0 Å².